The summed E-state index contributed by atoms with van der Waals surface area (Å²) in [4.78, 5) is 26.3. The number of nitro groups is 1. The molecule has 31 heavy (non-hydrogen) atoms. The Labute approximate surface area is 185 Å². The van der Waals surface area contributed by atoms with Gasteiger partial charge in [0, 0.05) is 34.7 Å². The van der Waals surface area contributed by atoms with Gasteiger partial charge in [0.05, 0.1) is 11.0 Å². The maximum absolute atomic E-state index is 13.6. The van der Waals surface area contributed by atoms with Gasteiger partial charge in [-0.25, -0.2) is 0 Å². The van der Waals surface area contributed by atoms with Crippen molar-refractivity contribution in [1.29, 1.82) is 0 Å². The minimum atomic E-state index is -0.611. The number of benzene rings is 3. The van der Waals surface area contributed by atoms with Crippen molar-refractivity contribution in [3.63, 3.8) is 0 Å². The van der Waals surface area contributed by atoms with Gasteiger partial charge in [0.2, 0.25) is 0 Å². The summed E-state index contributed by atoms with van der Waals surface area (Å²) < 4.78 is 0. The number of anilines is 1. The molecule has 6 nitrogen and oxygen atoms in total. The van der Waals surface area contributed by atoms with Crippen LogP contribution >= 0.6 is 12.2 Å². The highest BCUT2D eigenvalue weighted by Crippen LogP contribution is 2.36. The molecular formula is C24H19N3O3S. The number of non-ortho nitro benzene ring substituents is 1. The fourth-order valence-electron chi connectivity index (χ4n) is 3.74. The number of ketones is 1. The van der Waals surface area contributed by atoms with Gasteiger partial charge in [-0.05, 0) is 36.8 Å². The lowest BCUT2D eigenvalue weighted by Crippen LogP contribution is -2.47. The van der Waals surface area contributed by atoms with E-state index in [2.05, 4.69) is 5.32 Å². The predicted molar refractivity (Wildman–Crippen MR) is 124 cm³/mol. The molecular weight excluding hydrogens is 410 g/mol. The lowest BCUT2D eigenvalue weighted by molar-refractivity contribution is -0.384. The minimum Gasteiger partial charge on any atom is -0.351 e. The van der Waals surface area contributed by atoms with Crippen LogP contribution in [-0.2, 0) is 0 Å². The van der Waals surface area contributed by atoms with E-state index in [-0.39, 0.29) is 11.5 Å². The summed E-state index contributed by atoms with van der Waals surface area (Å²) in [5.74, 6) is -0.162. The SMILES string of the molecule is CC1=C(C(=O)c2ccccc2)C(c2cccc([N+](=O)[O-])c2)NC(=S)N1c1ccccc1. The Morgan fingerprint density at radius 3 is 2.29 bits per heavy atom. The van der Waals surface area contributed by atoms with Crippen LogP contribution in [0.25, 0.3) is 0 Å². The van der Waals surface area contributed by atoms with Crippen molar-refractivity contribution in [2.75, 3.05) is 4.90 Å². The Morgan fingerprint density at radius 1 is 1.00 bits per heavy atom. The molecule has 0 bridgehead atoms. The van der Waals surface area contributed by atoms with Gasteiger partial charge in [0.15, 0.2) is 10.9 Å². The van der Waals surface area contributed by atoms with Crippen LogP contribution in [0.3, 0.4) is 0 Å². The summed E-state index contributed by atoms with van der Waals surface area (Å²) in [7, 11) is 0. The van der Waals surface area contributed by atoms with Crippen LogP contribution in [0.5, 0.6) is 0 Å². The van der Waals surface area contributed by atoms with E-state index in [1.54, 1.807) is 36.4 Å². The lowest BCUT2D eigenvalue weighted by Gasteiger charge is -2.38. The average molecular weight is 430 g/mol. The Hall–Kier alpha value is -3.84. The monoisotopic (exact) mass is 429 g/mol. The number of nitro benzene ring substituents is 1. The number of rotatable bonds is 5. The minimum absolute atomic E-state index is 0.0418. The van der Waals surface area contributed by atoms with Gasteiger partial charge >= 0.3 is 0 Å². The van der Waals surface area contributed by atoms with Gasteiger partial charge < -0.3 is 5.32 Å². The molecule has 1 atom stereocenters. The summed E-state index contributed by atoms with van der Waals surface area (Å²) in [5, 5.41) is 15.0. The van der Waals surface area contributed by atoms with Crippen molar-refractivity contribution >= 4 is 34.5 Å². The molecule has 4 rings (SSSR count). The molecule has 1 N–H and O–H groups in total. The third kappa shape index (κ3) is 3.95. The first-order chi connectivity index (χ1) is 15.0. The van der Waals surface area contributed by atoms with Crippen LogP contribution in [-0.4, -0.2) is 15.8 Å². The van der Waals surface area contributed by atoms with Gasteiger partial charge in [-0.15, -0.1) is 0 Å². The number of carbonyl (C=O) groups is 1. The largest absolute Gasteiger partial charge is 0.351 e. The number of hydrogen-bond acceptors (Lipinski definition) is 4. The standard InChI is InChI=1S/C24H19N3O3S/c1-16-21(23(28)17-9-4-2-5-10-17)22(18-11-8-14-20(15-18)27(29)30)25-24(31)26(16)19-12-6-3-7-13-19/h2-15,22H,1H3,(H,25,31). The second-order valence-electron chi connectivity index (χ2n) is 7.10. The Bertz CT molecular complexity index is 1190. The third-order valence-electron chi connectivity index (χ3n) is 5.19. The predicted octanol–water partition coefficient (Wildman–Crippen LogP) is 5.19. The molecule has 0 saturated heterocycles. The molecule has 0 saturated carbocycles. The van der Waals surface area contributed by atoms with E-state index in [0.717, 1.165) is 5.69 Å². The first-order valence-electron chi connectivity index (χ1n) is 9.68. The molecule has 0 amide bonds. The van der Waals surface area contributed by atoms with Crippen LogP contribution in [0.1, 0.15) is 28.9 Å². The van der Waals surface area contributed by atoms with Crippen molar-refractivity contribution in [1.82, 2.24) is 5.32 Å². The molecule has 0 spiro atoms. The zero-order chi connectivity index (χ0) is 22.0. The van der Waals surface area contributed by atoms with Crippen molar-refractivity contribution in [2.24, 2.45) is 0 Å². The van der Waals surface area contributed by atoms with E-state index in [0.29, 0.717) is 27.5 Å². The van der Waals surface area contributed by atoms with Crippen molar-refractivity contribution < 1.29 is 9.72 Å². The van der Waals surface area contributed by atoms with E-state index in [1.807, 2.05) is 48.2 Å². The fourth-order valence-corrected chi connectivity index (χ4v) is 4.10. The highest BCUT2D eigenvalue weighted by Gasteiger charge is 2.35. The van der Waals surface area contributed by atoms with Crippen LogP contribution in [0.2, 0.25) is 0 Å². The summed E-state index contributed by atoms with van der Waals surface area (Å²) in [6.07, 6.45) is 0. The second-order valence-corrected chi connectivity index (χ2v) is 7.49. The topological polar surface area (TPSA) is 75.5 Å². The van der Waals surface area contributed by atoms with Gasteiger partial charge in [-0.3, -0.25) is 19.8 Å². The smallest absolute Gasteiger partial charge is 0.269 e. The van der Waals surface area contributed by atoms with Gasteiger partial charge in [-0.2, -0.15) is 0 Å². The van der Waals surface area contributed by atoms with Crippen molar-refractivity contribution in [3.8, 4) is 0 Å². The summed E-state index contributed by atoms with van der Waals surface area (Å²) in [6.45, 7) is 1.85. The molecule has 0 radical (unpaired) electrons. The van der Waals surface area contributed by atoms with E-state index >= 15 is 0 Å². The number of para-hydroxylation sites is 1. The quantitative estimate of drug-likeness (QED) is 0.260. The number of nitrogens with zero attached hydrogens (tertiary/aromatic N) is 2. The Morgan fingerprint density at radius 2 is 1.65 bits per heavy atom. The molecule has 7 heteroatoms. The van der Waals surface area contributed by atoms with Crippen LogP contribution in [0.4, 0.5) is 11.4 Å². The first-order valence-corrected chi connectivity index (χ1v) is 10.1. The van der Waals surface area contributed by atoms with E-state index in [4.69, 9.17) is 12.2 Å². The molecule has 1 heterocycles. The van der Waals surface area contributed by atoms with Crippen LogP contribution in [0.15, 0.2) is 96.2 Å². The fraction of sp³-hybridized carbons (Fsp3) is 0.0833. The number of carbonyl (C=O) groups excluding carboxylic acids is 1. The zero-order valence-electron chi connectivity index (χ0n) is 16.7. The maximum Gasteiger partial charge on any atom is 0.269 e. The van der Waals surface area contributed by atoms with E-state index in [9.17, 15) is 14.9 Å². The zero-order valence-corrected chi connectivity index (χ0v) is 17.5. The lowest BCUT2D eigenvalue weighted by atomic mass is 9.89. The van der Waals surface area contributed by atoms with Crippen LogP contribution < -0.4 is 10.2 Å². The molecule has 1 unspecified atom stereocenters. The van der Waals surface area contributed by atoms with Gasteiger partial charge in [-0.1, -0.05) is 60.7 Å². The number of Topliss-reactive ketones (excluding diaryl/α,β-unsaturated/α-hetero) is 1. The highest BCUT2D eigenvalue weighted by atomic mass is 32.1. The van der Waals surface area contributed by atoms with Crippen molar-refractivity contribution in [3.05, 3.63) is 117 Å². The first kappa shape index (κ1) is 20.4. The highest BCUT2D eigenvalue weighted by molar-refractivity contribution is 7.80. The Balaban J connectivity index is 1.89. The maximum atomic E-state index is 13.6. The van der Waals surface area contributed by atoms with E-state index < -0.39 is 11.0 Å². The summed E-state index contributed by atoms with van der Waals surface area (Å²) in [6, 6.07) is 24.2. The molecule has 1 aliphatic heterocycles. The third-order valence-corrected chi connectivity index (χ3v) is 5.49. The summed E-state index contributed by atoms with van der Waals surface area (Å²) >= 11 is 5.64. The van der Waals surface area contributed by atoms with E-state index in [1.165, 1.54) is 12.1 Å². The molecule has 154 valence electrons. The molecule has 3 aromatic rings. The Kier molecular flexibility index (Phi) is 5.60. The molecule has 3 aromatic carbocycles. The number of nitrogens with one attached hydrogen (secondary N) is 1. The molecule has 0 aromatic heterocycles. The van der Waals surface area contributed by atoms with Crippen molar-refractivity contribution in [2.45, 2.75) is 13.0 Å². The average Bonchev–Trinajstić information content (AvgIpc) is 2.79. The second kappa shape index (κ2) is 8.49. The number of thiocarbonyl (C=S) groups is 1. The van der Waals surface area contributed by atoms with Crippen LogP contribution in [0, 0.1) is 10.1 Å². The van der Waals surface area contributed by atoms with Gasteiger partial charge in [0.1, 0.15) is 0 Å². The summed E-state index contributed by atoms with van der Waals surface area (Å²) in [5.41, 5.74) is 3.09. The number of allylic oxidation sites excluding steroid dienone is 1. The molecule has 0 fully saturated rings. The molecule has 0 aliphatic carbocycles. The normalized spacial score (nSPS) is 16.1. The molecule has 1 aliphatic rings. The number of hydrogen-bond donors (Lipinski definition) is 1. The van der Waals surface area contributed by atoms with Gasteiger partial charge in [0.25, 0.3) is 5.69 Å².